The van der Waals surface area contributed by atoms with Gasteiger partial charge in [0.05, 0.1) is 0 Å². The van der Waals surface area contributed by atoms with E-state index < -0.39 is 29.4 Å². The van der Waals surface area contributed by atoms with Crippen molar-refractivity contribution in [3.05, 3.63) is 70.5 Å². The molecule has 2 rings (SSSR count). The Labute approximate surface area is 139 Å². The zero-order valence-corrected chi connectivity index (χ0v) is 13.7. The summed E-state index contributed by atoms with van der Waals surface area (Å²) in [4.78, 5) is 14.1. The number of benzene rings is 2. The second-order valence-corrected chi connectivity index (χ2v) is 5.79. The van der Waals surface area contributed by atoms with E-state index in [-0.39, 0.29) is 12.1 Å². The van der Waals surface area contributed by atoms with Gasteiger partial charge >= 0.3 is 0 Å². The Morgan fingerprint density at radius 2 is 1.71 bits per heavy atom. The molecule has 0 spiro atoms. The maximum atomic E-state index is 14.0. The average molecular weight is 336 g/mol. The largest absolute Gasteiger partial charge is 0.350 e. The Hall–Kier alpha value is -2.34. The number of rotatable bonds is 5. The summed E-state index contributed by atoms with van der Waals surface area (Å²) in [6.45, 7) is 1.27. The predicted molar refractivity (Wildman–Crippen MR) is 85.8 cm³/mol. The van der Waals surface area contributed by atoms with Crippen molar-refractivity contribution < 1.29 is 18.0 Å². The first-order chi connectivity index (χ1) is 11.3. The zero-order valence-electron chi connectivity index (χ0n) is 13.7. The van der Waals surface area contributed by atoms with Crippen molar-refractivity contribution in [2.45, 2.75) is 19.5 Å². The SMILES string of the molecule is Cc1ccc(F)c(CNC(=O)[C@@H](c2ccc(F)cc2)N(C)C)c1F. The van der Waals surface area contributed by atoms with E-state index in [1.165, 1.54) is 43.3 Å². The number of aryl methyl sites for hydroxylation is 1. The van der Waals surface area contributed by atoms with Gasteiger partial charge in [0.25, 0.3) is 0 Å². The Balaban J connectivity index is 2.18. The van der Waals surface area contributed by atoms with Gasteiger partial charge in [-0.3, -0.25) is 9.69 Å². The van der Waals surface area contributed by atoms with Crippen LogP contribution in [0.5, 0.6) is 0 Å². The van der Waals surface area contributed by atoms with E-state index in [9.17, 15) is 18.0 Å². The fourth-order valence-corrected chi connectivity index (χ4v) is 2.48. The highest BCUT2D eigenvalue weighted by Gasteiger charge is 2.23. The molecular formula is C18H19F3N2O. The highest BCUT2D eigenvalue weighted by Crippen LogP contribution is 2.20. The number of likely N-dealkylation sites (N-methyl/N-ethyl adjacent to an activating group) is 1. The summed E-state index contributed by atoms with van der Waals surface area (Å²) < 4.78 is 40.8. The minimum atomic E-state index is -0.707. The van der Waals surface area contributed by atoms with E-state index >= 15 is 0 Å². The first-order valence-corrected chi connectivity index (χ1v) is 7.44. The second kappa shape index (κ2) is 7.49. The molecule has 3 nitrogen and oxygen atoms in total. The van der Waals surface area contributed by atoms with Gasteiger partial charge < -0.3 is 5.32 Å². The number of hydrogen-bond acceptors (Lipinski definition) is 2. The molecule has 2 aromatic carbocycles. The third-order valence-electron chi connectivity index (χ3n) is 3.77. The first kappa shape index (κ1) is 18.0. The van der Waals surface area contributed by atoms with Crippen LogP contribution in [0, 0.1) is 24.4 Å². The van der Waals surface area contributed by atoms with Crippen LogP contribution in [-0.4, -0.2) is 24.9 Å². The van der Waals surface area contributed by atoms with Gasteiger partial charge in [0, 0.05) is 12.1 Å². The molecule has 2 aromatic rings. The molecule has 1 N–H and O–H groups in total. The monoisotopic (exact) mass is 336 g/mol. The summed E-state index contributed by atoms with van der Waals surface area (Å²) in [5, 5.41) is 2.55. The molecule has 0 heterocycles. The quantitative estimate of drug-likeness (QED) is 0.908. The summed E-state index contributed by atoms with van der Waals surface area (Å²) in [6, 6.07) is 7.36. The lowest BCUT2D eigenvalue weighted by Crippen LogP contribution is -2.37. The third kappa shape index (κ3) is 3.94. The number of nitrogens with one attached hydrogen (secondary N) is 1. The fourth-order valence-electron chi connectivity index (χ4n) is 2.48. The van der Waals surface area contributed by atoms with Gasteiger partial charge in [-0.25, -0.2) is 13.2 Å². The lowest BCUT2D eigenvalue weighted by atomic mass is 10.0. The van der Waals surface area contributed by atoms with Crippen LogP contribution < -0.4 is 5.32 Å². The molecule has 0 aromatic heterocycles. The van der Waals surface area contributed by atoms with Gasteiger partial charge in [-0.2, -0.15) is 0 Å². The predicted octanol–water partition coefficient (Wildman–Crippen LogP) is 3.33. The number of hydrogen-bond donors (Lipinski definition) is 1. The van der Waals surface area contributed by atoms with Gasteiger partial charge in [0.1, 0.15) is 23.5 Å². The van der Waals surface area contributed by atoms with E-state index in [1.54, 1.807) is 19.0 Å². The van der Waals surface area contributed by atoms with Gasteiger partial charge in [0.2, 0.25) is 5.91 Å². The number of carbonyl (C=O) groups is 1. The van der Waals surface area contributed by atoms with Gasteiger partial charge in [-0.05, 0) is 50.3 Å². The number of nitrogens with zero attached hydrogens (tertiary/aromatic N) is 1. The van der Waals surface area contributed by atoms with Crippen LogP contribution in [0.3, 0.4) is 0 Å². The van der Waals surface area contributed by atoms with Gasteiger partial charge in [-0.15, -0.1) is 0 Å². The van der Waals surface area contributed by atoms with Crippen LogP contribution in [0.1, 0.15) is 22.7 Å². The summed E-state index contributed by atoms with van der Waals surface area (Å²) in [5.41, 5.74) is 0.715. The molecule has 0 fully saturated rings. The van der Waals surface area contributed by atoms with Crippen molar-refractivity contribution in [3.63, 3.8) is 0 Å². The van der Waals surface area contributed by atoms with Crippen molar-refractivity contribution in [1.82, 2.24) is 10.2 Å². The van der Waals surface area contributed by atoms with Crippen LogP contribution in [0.2, 0.25) is 0 Å². The standard InChI is InChI=1S/C18H19F3N2O/c1-11-4-9-15(20)14(16(11)21)10-22-18(24)17(23(2)3)12-5-7-13(19)8-6-12/h4-9,17H,10H2,1-3H3,(H,22,24)/t17-/m1/s1. The lowest BCUT2D eigenvalue weighted by molar-refractivity contribution is -0.126. The molecule has 0 bridgehead atoms. The molecule has 6 heteroatoms. The minimum Gasteiger partial charge on any atom is -0.350 e. The van der Waals surface area contributed by atoms with E-state index in [4.69, 9.17) is 0 Å². The van der Waals surface area contributed by atoms with Crippen molar-refractivity contribution in [1.29, 1.82) is 0 Å². The van der Waals surface area contributed by atoms with Crippen molar-refractivity contribution >= 4 is 5.91 Å². The van der Waals surface area contributed by atoms with E-state index in [0.717, 1.165) is 0 Å². The third-order valence-corrected chi connectivity index (χ3v) is 3.77. The molecule has 0 aliphatic carbocycles. The number of amides is 1. The van der Waals surface area contributed by atoms with Crippen LogP contribution in [-0.2, 0) is 11.3 Å². The maximum absolute atomic E-state index is 14.0. The van der Waals surface area contributed by atoms with E-state index in [1.807, 2.05) is 0 Å². The highest BCUT2D eigenvalue weighted by atomic mass is 19.1. The molecule has 128 valence electrons. The van der Waals surface area contributed by atoms with Crippen LogP contribution >= 0.6 is 0 Å². The fraction of sp³-hybridized carbons (Fsp3) is 0.278. The van der Waals surface area contributed by atoms with E-state index in [0.29, 0.717) is 11.1 Å². The molecule has 1 amide bonds. The molecular weight excluding hydrogens is 317 g/mol. The summed E-state index contributed by atoms with van der Waals surface area (Å²) in [7, 11) is 3.39. The molecule has 0 saturated carbocycles. The second-order valence-electron chi connectivity index (χ2n) is 5.79. The molecule has 0 radical (unpaired) electrons. The Kier molecular flexibility index (Phi) is 5.62. The lowest BCUT2D eigenvalue weighted by Gasteiger charge is -2.24. The molecule has 1 atom stereocenters. The Morgan fingerprint density at radius 1 is 1.08 bits per heavy atom. The number of carbonyl (C=O) groups excluding carboxylic acids is 1. The van der Waals surface area contributed by atoms with Crippen molar-refractivity contribution in [2.24, 2.45) is 0 Å². The molecule has 24 heavy (non-hydrogen) atoms. The van der Waals surface area contributed by atoms with Crippen LogP contribution in [0.15, 0.2) is 36.4 Å². The minimum absolute atomic E-state index is 0.181. The Morgan fingerprint density at radius 3 is 2.29 bits per heavy atom. The van der Waals surface area contributed by atoms with Gasteiger partial charge in [-0.1, -0.05) is 18.2 Å². The molecule has 0 saturated heterocycles. The zero-order chi connectivity index (χ0) is 17.9. The molecule has 0 aliphatic heterocycles. The molecule has 0 aliphatic rings. The smallest absolute Gasteiger partial charge is 0.242 e. The van der Waals surface area contributed by atoms with Crippen molar-refractivity contribution in [2.75, 3.05) is 14.1 Å². The summed E-state index contributed by atoms with van der Waals surface area (Å²) >= 11 is 0. The maximum Gasteiger partial charge on any atom is 0.242 e. The summed E-state index contributed by atoms with van der Waals surface area (Å²) in [6.07, 6.45) is 0. The topological polar surface area (TPSA) is 32.3 Å². The normalized spacial score (nSPS) is 12.3. The Bertz CT molecular complexity index is 730. The first-order valence-electron chi connectivity index (χ1n) is 7.44. The summed E-state index contributed by atoms with van der Waals surface area (Å²) in [5.74, 6) is -2.20. The average Bonchev–Trinajstić information content (AvgIpc) is 2.53. The van der Waals surface area contributed by atoms with E-state index in [2.05, 4.69) is 5.32 Å². The molecule has 0 unspecified atom stereocenters. The highest BCUT2D eigenvalue weighted by molar-refractivity contribution is 5.83. The number of halogens is 3. The van der Waals surface area contributed by atoms with Crippen molar-refractivity contribution in [3.8, 4) is 0 Å². The van der Waals surface area contributed by atoms with Gasteiger partial charge in [0.15, 0.2) is 0 Å². The van der Waals surface area contributed by atoms with Crippen LogP contribution in [0.25, 0.3) is 0 Å². The van der Waals surface area contributed by atoms with Crippen LogP contribution in [0.4, 0.5) is 13.2 Å².